The van der Waals surface area contributed by atoms with Crippen LogP contribution in [0.15, 0.2) is 30.6 Å². The summed E-state index contributed by atoms with van der Waals surface area (Å²) >= 11 is 0. The maximum atomic E-state index is 12.3. The van der Waals surface area contributed by atoms with E-state index in [9.17, 15) is 4.79 Å². The zero-order valence-corrected chi connectivity index (χ0v) is 20.4. The molecule has 0 saturated heterocycles. The van der Waals surface area contributed by atoms with Crippen molar-refractivity contribution in [1.82, 2.24) is 15.0 Å². The summed E-state index contributed by atoms with van der Waals surface area (Å²) in [6.07, 6.45) is 10.1. The number of pyridine rings is 3. The molecule has 0 spiro atoms. The summed E-state index contributed by atoms with van der Waals surface area (Å²) in [5.74, 6) is 1.98. The number of rotatable bonds is 6. The Labute approximate surface area is 204 Å². The average Bonchev–Trinajstić information content (AvgIpc) is 3.55. The van der Waals surface area contributed by atoms with Crippen LogP contribution in [0.25, 0.3) is 10.8 Å². The number of nitrogens with zero attached hydrogens (tertiary/aromatic N) is 3. The fourth-order valence-corrected chi connectivity index (χ4v) is 5.04. The molecule has 2 saturated carbocycles. The highest BCUT2D eigenvalue weighted by Gasteiger charge is 2.38. The monoisotopic (exact) mass is 473 g/mol. The van der Waals surface area contributed by atoms with Crippen LogP contribution in [0.3, 0.4) is 0 Å². The van der Waals surface area contributed by atoms with E-state index in [0.29, 0.717) is 35.4 Å². The quantitative estimate of drug-likeness (QED) is 0.492. The van der Waals surface area contributed by atoms with E-state index in [2.05, 4.69) is 22.2 Å². The molecule has 1 unspecified atom stereocenters. The Balaban J connectivity index is 1.38. The van der Waals surface area contributed by atoms with Gasteiger partial charge in [-0.1, -0.05) is 6.42 Å². The zero-order valence-electron chi connectivity index (χ0n) is 20.4. The van der Waals surface area contributed by atoms with E-state index >= 15 is 0 Å². The summed E-state index contributed by atoms with van der Waals surface area (Å²) < 4.78 is 11.6. The summed E-state index contributed by atoms with van der Waals surface area (Å²) in [5.41, 5.74) is 8.09. The molecule has 6 rings (SSSR count). The van der Waals surface area contributed by atoms with Crippen molar-refractivity contribution in [3.05, 3.63) is 47.4 Å². The van der Waals surface area contributed by atoms with Gasteiger partial charge < -0.3 is 20.5 Å². The maximum Gasteiger partial charge on any atom is 0.340 e. The van der Waals surface area contributed by atoms with Crippen LogP contribution in [0, 0.1) is 5.92 Å². The van der Waals surface area contributed by atoms with E-state index in [0.717, 1.165) is 47.7 Å². The molecule has 1 aliphatic heterocycles. The lowest BCUT2D eigenvalue weighted by molar-refractivity contribution is -0.00714. The molecule has 0 amide bonds. The Morgan fingerprint density at radius 3 is 2.63 bits per heavy atom. The van der Waals surface area contributed by atoms with Crippen LogP contribution in [0.2, 0.25) is 0 Å². The van der Waals surface area contributed by atoms with Gasteiger partial charge in [-0.25, -0.2) is 19.7 Å². The van der Waals surface area contributed by atoms with Crippen molar-refractivity contribution in [3.63, 3.8) is 0 Å². The van der Waals surface area contributed by atoms with Gasteiger partial charge in [-0.05, 0) is 81.5 Å². The van der Waals surface area contributed by atoms with Crippen LogP contribution >= 0.6 is 0 Å². The molecular formula is C27H31N5O3. The first-order chi connectivity index (χ1) is 16.7. The van der Waals surface area contributed by atoms with E-state index in [1.807, 2.05) is 32.3 Å². The van der Waals surface area contributed by atoms with Crippen molar-refractivity contribution in [2.45, 2.75) is 76.5 Å². The van der Waals surface area contributed by atoms with Crippen molar-refractivity contribution in [1.29, 1.82) is 0 Å². The predicted molar refractivity (Wildman–Crippen MR) is 133 cm³/mol. The van der Waals surface area contributed by atoms with Gasteiger partial charge in [0.05, 0.1) is 16.6 Å². The molecule has 8 heteroatoms. The van der Waals surface area contributed by atoms with Gasteiger partial charge in [0.2, 0.25) is 5.88 Å². The van der Waals surface area contributed by atoms with Gasteiger partial charge >= 0.3 is 5.97 Å². The molecule has 3 aromatic rings. The molecule has 35 heavy (non-hydrogen) atoms. The number of ether oxygens (including phenoxy) is 2. The molecule has 8 nitrogen and oxygen atoms in total. The highest BCUT2D eigenvalue weighted by molar-refractivity contribution is 5.93. The number of nitrogens with one attached hydrogen (secondary N) is 1. The molecule has 0 aromatic carbocycles. The number of esters is 1. The molecule has 2 fully saturated rings. The van der Waals surface area contributed by atoms with Crippen LogP contribution < -0.4 is 15.8 Å². The number of hydrogen-bond acceptors (Lipinski definition) is 8. The van der Waals surface area contributed by atoms with E-state index in [1.165, 1.54) is 6.42 Å². The van der Waals surface area contributed by atoms with Gasteiger partial charge in [-0.3, -0.25) is 0 Å². The Bertz CT molecular complexity index is 1330. The Morgan fingerprint density at radius 2 is 1.91 bits per heavy atom. The second-order valence-corrected chi connectivity index (χ2v) is 11.0. The largest absolute Gasteiger partial charge is 0.474 e. The second-order valence-electron chi connectivity index (χ2n) is 11.0. The van der Waals surface area contributed by atoms with Crippen LogP contribution in [0.4, 0.5) is 11.6 Å². The second kappa shape index (κ2) is 7.88. The highest BCUT2D eigenvalue weighted by Crippen LogP contribution is 2.44. The third-order valence-electron chi connectivity index (χ3n) is 7.48. The van der Waals surface area contributed by atoms with Crippen molar-refractivity contribution in [2.75, 3.05) is 5.32 Å². The van der Waals surface area contributed by atoms with Gasteiger partial charge in [0.15, 0.2) is 0 Å². The first-order valence-corrected chi connectivity index (χ1v) is 12.4. The Kier molecular flexibility index (Phi) is 5.00. The molecule has 182 valence electrons. The van der Waals surface area contributed by atoms with Gasteiger partial charge in [0.1, 0.15) is 23.3 Å². The molecule has 0 bridgehead atoms. The van der Waals surface area contributed by atoms with Gasteiger partial charge in [0, 0.05) is 24.4 Å². The molecule has 2 aliphatic carbocycles. The minimum Gasteiger partial charge on any atom is -0.474 e. The SMILES string of the molecule is CC1(C)Cc2nc(Nc3cc4c(C(C)(N)C5CCC5)cnc(OC5CC5)c4cn3)ccc2C(=O)O1. The number of fused-ring (bicyclic) bond motifs is 2. The molecule has 3 N–H and O–H groups in total. The maximum absolute atomic E-state index is 12.3. The van der Waals surface area contributed by atoms with E-state index in [-0.39, 0.29) is 12.1 Å². The molecular weight excluding hydrogens is 442 g/mol. The van der Waals surface area contributed by atoms with Crippen LogP contribution in [-0.2, 0) is 16.7 Å². The smallest absolute Gasteiger partial charge is 0.340 e. The fraction of sp³-hybridized carbons (Fsp3) is 0.481. The van der Waals surface area contributed by atoms with Gasteiger partial charge in [-0.15, -0.1) is 0 Å². The summed E-state index contributed by atoms with van der Waals surface area (Å²) in [4.78, 5) is 26.3. The lowest BCUT2D eigenvalue weighted by atomic mass is 9.68. The summed E-state index contributed by atoms with van der Waals surface area (Å²) in [7, 11) is 0. The molecule has 1 atom stereocenters. The predicted octanol–water partition coefficient (Wildman–Crippen LogP) is 4.78. The highest BCUT2D eigenvalue weighted by atomic mass is 16.6. The van der Waals surface area contributed by atoms with Gasteiger partial charge in [-0.2, -0.15) is 0 Å². The number of anilines is 2. The minimum absolute atomic E-state index is 0.237. The van der Waals surface area contributed by atoms with Crippen molar-refractivity contribution < 1.29 is 14.3 Å². The zero-order chi connectivity index (χ0) is 24.4. The topological polar surface area (TPSA) is 112 Å². The lowest BCUT2D eigenvalue weighted by Crippen LogP contribution is -2.44. The summed E-state index contributed by atoms with van der Waals surface area (Å²) in [5, 5.41) is 5.19. The third-order valence-corrected chi connectivity index (χ3v) is 7.48. The van der Waals surface area contributed by atoms with Crippen LogP contribution in [0.5, 0.6) is 5.88 Å². The number of aromatic nitrogens is 3. The number of carbonyl (C=O) groups is 1. The van der Waals surface area contributed by atoms with E-state index in [4.69, 9.17) is 20.2 Å². The normalized spacial score (nSPS) is 21.0. The molecule has 3 aromatic heterocycles. The summed E-state index contributed by atoms with van der Waals surface area (Å²) in [6.45, 7) is 5.89. The Hall–Kier alpha value is -3.26. The van der Waals surface area contributed by atoms with Crippen LogP contribution in [-0.4, -0.2) is 32.6 Å². The van der Waals surface area contributed by atoms with E-state index < -0.39 is 11.1 Å². The average molecular weight is 474 g/mol. The van der Waals surface area contributed by atoms with Crippen molar-refractivity contribution in [3.8, 4) is 5.88 Å². The minimum atomic E-state index is -0.579. The number of carbonyl (C=O) groups excluding carboxylic acids is 1. The van der Waals surface area contributed by atoms with Crippen molar-refractivity contribution in [2.24, 2.45) is 11.7 Å². The van der Waals surface area contributed by atoms with Crippen molar-refractivity contribution >= 4 is 28.4 Å². The molecule has 4 heterocycles. The lowest BCUT2D eigenvalue weighted by Gasteiger charge is -2.41. The first-order valence-electron chi connectivity index (χ1n) is 12.4. The Morgan fingerprint density at radius 1 is 1.11 bits per heavy atom. The number of cyclic esters (lactones) is 1. The molecule has 3 aliphatic rings. The number of hydrogen-bond donors (Lipinski definition) is 2. The third kappa shape index (κ3) is 4.10. The van der Waals surface area contributed by atoms with Gasteiger partial charge in [0.25, 0.3) is 0 Å². The molecule has 0 radical (unpaired) electrons. The van der Waals surface area contributed by atoms with E-state index in [1.54, 1.807) is 12.1 Å². The first kappa shape index (κ1) is 22.2. The standard InChI is InChI=1S/C27H31N5O3/c1-26(2)12-21-17(25(33)35-26)9-10-22(31-21)32-23-11-18-19(13-29-23)24(34-16-7-8-16)30-14-20(18)27(3,28)15-5-4-6-15/h9-11,13-16H,4-8,12,28H2,1-3H3,(H,29,31,32). The summed E-state index contributed by atoms with van der Waals surface area (Å²) in [6, 6.07) is 5.55. The fourth-order valence-electron chi connectivity index (χ4n) is 5.04. The van der Waals surface area contributed by atoms with Crippen LogP contribution in [0.1, 0.15) is 74.5 Å². The number of nitrogens with two attached hydrogens (primary N) is 1.